The lowest BCUT2D eigenvalue weighted by Crippen LogP contribution is -2.37. The van der Waals surface area contributed by atoms with Gasteiger partial charge in [-0.05, 0) is 42.2 Å². The highest BCUT2D eigenvalue weighted by Crippen LogP contribution is 2.20. The minimum atomic E-state index is -0.660. The van der Waals surface area contributed by atoms with Crippen LogP contribution < -0.4 is 10.6 Å². The predicted octanol–water partition coefficient (Wildman–Crippen LogP) is 3.62. The van der Waals surface area contributed by atoms with Crippen LogP contribution in [0.3, 0.4) is 0 Å². The van der Waals surface area contributed by atoms with Gasteiger partial charge in [-0.1, -0.05) is 53.2 Å². The maximum Gasteiger partial charge on any atom is 0.313 e. The summed E-state index contributed by atoms with van der Waals surface area (Å²) in [7, 11) is 0. The minimum absolute atomic E-state index is 0.142. The maximum absolute atomic E-state index is 11.9. The Labute approximate surface area is 144 Å². The van der Waals surface area contributed by atoms with Gasteiger partial charge in [0.2, 0.25) is 0 Å². The van der Waals surface area contributed by atoms with E-state index in [2.05, 4.69) is 26.6 Å². The van der Waals surface area contributed by atoms with Crippen molar-refractivity contribution in [2.24, 2.45) is 0 Å². The van der Waals surface area contributed by atoms with Gasteiger partial charge in [-0.25, -0.2) is 0 Å². The lowest BCUT2D eigenvalue weighted by Gasteiger charge is -2.13. The van der Waals surface area contributed by atoms with Gasteiger partial charge in [0.1, 0.15) is 0 Å². The number of carbonyl (C=O) groups excluding carboxylic acids is 2. The van der Waals surface area contributed by atoms with Gasteiger partial charge >= 0.3 is 11.8 Å². The SMILES string of the molecule is Cc1cc(NC(=O)C(=O)NC[C@@H](C)c2ccccc2)ccc1Br. The molecule has 2 amide bonds. The summed E-state index contributed by atoms with van der Waals surface area (Å²) >= 11 is 3.40. The van der Waals surface area contributed by atoms with Crippen molar-refractivity contribution >= 4 is 33.4 Å². The van der Waals surface area contributed by atoms with E-state index in [9.17, 15) is 9.59 Å². The molecule has 0 radical (unpaired) electrons. The molecule has 0 aromatic heterocycles. The molecule has 2 N–H and O–H groups in total. The molecular weight excluding hydrogens is 356 g/mol. The fraction of sp³-hybridized carbons (Fsp3) is 0.222. The second kappa shape index (κ2) is 7.92. The van der Waals surface area contributed by atoms with E-state index >= 15 is 0 Å². The largest absolute Gasteiger partial charge is 0.347 e. The number of hydrogen-bond donors (Lipinski definition) is 2. The molecule has 0 saturated carbocycles. The van der Waals surface area contributed by atoms with Gasteiger partial charge in [0, 0.05) is 16.7 Å². The van der Waals surface area contributed by atoms with Crippen LogP contribution in [0.25, 0.3) is 0 Å². The molecule has 2 aromatic rings. The summed E-state index contributed by atoms with van der Waals surface area (Å²) in [4.78, 5) is 23.8. The van der Waals surface area contributed by atoms with Gasteiger partial charge in [-0.2, -0.15) is 0 Å². The van der Waals surface area contributed by atoms with Crippen LogP contribution >= 0.6 is 15.9 Å². The van der Waals surface area contributed by atoms with Crippen molar-refractivity contribution in [3.63, 3.8) is 0 Å². The Morgan fingerprint density at radius 1 is 1.09 bits per heavy atom. The average molecular weight is 375 g/mol. The number of halogens is 1. The van der Waals surface area contributed by atoms with Gasteiger partial charge in [-0.15, -0.1) is 0 Å². The number of carbonyl (C=O) groups is 2. The van der Waals surface area contributed by atoms with Crippen LogP contribution in [0.5, 0.6) is 0 Å². The number of rotatable bonds is 4. The summed E-state index contributed by atoms with van der Waals surface area (Å²) in [5.74, 6) is -1.15. The smallest absolute Gasteiger partial charge is 0.313 e. The van der Waals surface area contributed by atoms with E-state index in [4.69, 9.17) is 0 Å². The first kappa shape index (κ1) is 17.2. The summed E-state index contributed by atoms with van der Waals surface area (Å²) in [5, 5.41) is 5.27. The summed E-state index contributed by atoms with van der Waals surface area (Å²) in [6, 6.07) is 15.2. The Kier molecular flexibility index (Phi) is 5.93. The van der Waals surface area contributed by atoms with Crippen LogP contribution in [0.4, 0.5) is 5.69 Å². The number of nitrogens with one attached hydrogen (secondary N) is 2. The fourth-order valence-electron chi connectivity index (χ4n) is 2.14. The van der Waals surface area contributed by atoms with E-state index in [0.29, 0.717) is 12.2 Å². The van der Waals surface area contributed by atoms with Gasteiger partial charge in [0.25, 0.3) is 0 Å². The first-order valence-corrected chi connectivity index (χ1v) is 8.17. The maximum atomic E-state index is 11.9. The molecule has 0 aliphatic rings. The number of benzene rings is 2. The quantitative estimate of drug-likeness (QED) is 0.802. The Bertz CT molecular complexity index is 701. The normalized spacial score (nSPS) is 11.6. The molecular formula is C18H19BrN2O2. The Morgan fingerprint density at radius 2 is 1.78 bits per heavy atom. The lowest BCUT2D eigenvalue weighted by atomic mass is 10.0. The molecule has 0 saturated heterocycles. The van der Waals surface area contributed by atoms with Crippen LogP contribution in [0.2, 0.25) is 0 Å². The molecule has 2 rings (SSSR count). The summed E-state index contributed by atoms with van der Waals surface area (Å²) in [6.45, 7) is 4.34. The van der Waals surface area contributed by atoms with Crippen molar-refractivity contribution in [3.8, 4) is 0 Å². The third kappa shape index (κ3) is 4.93. The van der Waals surface area contributed by atoms with Crippen molar-refractivity contribution in [1.82, 2.24) is 5.32 Å². The summed E-state index contributed by atoms with van der Waals surface area (Å²) < 4.78 is 0.955. The van der Waals surface area contributed by atoms with Crippen molar-refractivity contribution in [2.75, 3.05) is 11.9 Å². The molecule has 2 aromatic carbocycles. The molecule has 4 nitrogen and oxygen atoms in total. The monoisotopic (exact) mass is 374 g/mol. The molecule has 23 heavy (non-hydrogen) atoms. The molecule has 120 valence electrons. The van der Waals surface area contributed by atoms with Crippen molar-refractivity contribution in [1.29, 1.82) is 0 Å². The van der Waals surface area contributed by atoms with Crippen molar-refractivity contribution in [2.45, 2.75) is 19.8 Å². The topological polar surface area (TPSA) is 58.2 Å². The lowest BCUT2D eigenvalue weighted by molar-refractivity contribution is -0.136. The standard InChI is InChI=1S/C18H19BrN2O2/c1-12-10-15(8-9-16(12)19)21-18(23)17(22)20-11-13(2)14-6-4-3-5-7-14/h3-10,13H,11H2,1-2H3,(H,20,22)(H,21,23)/t13-/m1/s1. The van der Waals surface area contributed by atoms with E-state index in [1.165, 1.54) is 0 Å². The number of hydrogen-bond acceptors (Lipinski definition) is 2. The van der Waals surface area contributed by atoms with Crippen LogP contribution in [0.1, 0.15) is 24.0 Å². The van der Waals surface area contributed by atoms with E-state index < -0.39 is 11.8 Å². The second-order valence-corrected chi connectivity index (χ2v) is 6.29. The average Bonchev–Trinajstić information content (AvgIpc) is 2.56. The molecule has 0 unspecified atom stereocenters. The molecule has 0 spiro atoms. The summed E-state index contributed by atoms with van der Waals surface area (Å²) in [5.41, 5.74) is 2.71. The van der Waals surface area contributed by atoms with E-state index in [1.807, 2.05) is 56.3 Å². The third-order valence-corrected chi connectivity index (χ3v) is 4.45. The fourth-order valence-corrected chi connectivity index (χ4v) is 2.38. The molecule has 0 aliphatic carbocycles. The van der Waals surface area contributed by atoms with Crippen LogP contribution in [-0.4, -0.2) is 18.4 Å². The Balaban J connectivity index is 1.87. The number of aryl methyl sites for hydroxylation is 1. The highest BCUT2D eigenvalue weighted by molar-refractivity contribution is 9.10. The molecule has 0 bridgehead atoms. The zero-order valence-corrected chi connectivity index (χ0v) is 14.7. The molecule has 0 fully saturated rings. The predicted molar refractivity (Wildman–Crippen MR) is 95.4 cm³/mol. The Morgan fingerprint density at radius 3 is 2.43 bits per heavy atom. The highest BCUT2D eigenvalue weighted by Gasteiger charge is 2.15. The number of amides is 2. The van der Waals surface area contributed by atoms with Gasteiger partial charge in [0.15, 0.2) is 0 Å². The third-order valence-electron chi connectivity index (χ3n) is 3.56. The van der Waals surface area contributed by atoms with Crippen molar-refractivity contribution < 1.29 is 9.59 Å². The zero-order chi connectivity index (χ0) is 16.8. The van der Waals surface area contributed by atoms with Crippen LogP contribution in [0.15, 0.2) is 53.0 Å². The Hall–Kier alpha value is -2.14. The van der Waals surface area contributed by atoms with Gasteiger partial charge in [0.05, 0.1) is 0 Å². The molecule has 0 heterocycles. The molecule has 5 heteroatoms. The first-order chi connectivity index (χ1) is 11.0. The van der Waals surface area contributed by atoms with Gasteiger partial charge < -0.3 is 10.6 Å². The van der Waals surface area contributed by atoms with Gasteiger partial charge in [-0.3, -0.25) is 9.59 Å². The zero-order valence-electron chi connectivity index (χ0n) is 13.1. The van der Waals surface area contributed by atoms with Crippen molar-refractivity contribution in [3.05, 3.63) is 64.1 Å². The highest BCUT2D eigenvalue weighted by atomic mass is 79.9. The molecule has 1 atom stereocenters. The van der Waals surface area contributed by atoms with Crippen LogP contribution in [-0.2, 0) is 9.59 Å². The number of anilines is 1. The van der Waals surface area contributed by atoms with E-state index in [0.717, 1.165) is 15.6 Å². The van der Waals surface area contributed by atoms with E-state index in [1.54, 1.807) is 6.07 Å². The first-order valence-electron chi connectivity index (χ1n) is 7.37. The van der Waals surface area contributed by atoms with E-state index in [-0.39, 0.29) is 5.92 Å². The van der Waals surface area contributed by atoms with Crippen LogP contribution in [0, 0.1) is 6.92 Å². The summed E-state index contributed by atoms with van der Waals surface area (Å²) in [6.07, 6.45) is 0. The second-order valence-electron chi connectivity index (χ2n) is 5.44. The minimum Gasteiger partial charge on any atom is -0.347 e. The molecule has 0 aliphatic heterocycles.